The van der Waals surface area contributed by atoms with Crippen LogP contribution in [0.1, 0.15) is 25.7 Å². The van der Waals surface area contributed by atoms with Gasteiger partial charge in [-0.3, -0.25) is 4.79 Å². The Balaban J connectivity index is 2.20. The first-order valence-corrected chi connectivity index (χ1v) is 5.90. The van der Waals surface area contributed by atoms with E-state index in [0.29, 0.717) is 32.2 Å². The summed E-state index contributed by atoms with van der Waals surface area (Å²) in [6.45, 7) is 1.52. The number of aliphatic carboxylic acids is 1. The molecule has 0 aromatic carbocycles. The van der Waals surface area contributed by atoms with E-state index >= 15 is 0 Å². The Hall–Kier alpha value is -1.30. The minimum absolute atomic E-state index is 0.0851. The van der Waals surface area contributed by atoms with Crippen molar-refractivity contribution >= 4 is 12.0 Å². The molecule has 0 radical (unpaired) electrons. The Bertz CT molecular complexity index is 266. The largest absolute Gasteiger partial charge is 0.481 e. The van der Waals surface area contributed by atoms with Gasteiger partial charge in [0, 0.05) is 32.7 Å². The van der Waals surface area contributed by atoms with E-state index in [0.717, 1.165) is 12.8 Å². The molecule has 0 bridgehead atoms. The summed E-state index contributed by atoms with van der Waals surface area (Å²) in [6.07, 6.45) is 2.64. The third-order valence-electron chi connectivity index (χ3n) is 2.63. The number of nitrogens with one attached hydrogen (secondary N) is 1. The lowest BCUT2D eigenvalue weighted by molar-refractivity contribution is -0.137. The molecule has 1 saturated carbocycles. The van der Waals surface area contributed by atoms with Crippen LogP contribution in [0.2, 0.25) is 0 Å². The summed E-state index contributed by atoms with van der Waals surface area (Å²) in [5.74, 6) is -0.835. The molecule has 1 aliphatic carbocycles. The third-order valence-corrected chi connectivity index (χ3v) is 2.63. The highest BCUT2D eigenvalue weighted by Crippen LogP contribution is 2.26. The Kier molecular flexibility index (Phi) is 5.76. The second-order valence-electron chi connectivity index (χ2n) is 4.15. The number of urea groups is 1. The van der Waals surface area contributed by atoms with Gasteiger partial charge in [0.25, 0.3) is 0 Å². The number of methoxy groups -OCH3 is 1. The highest BCUT2D eigenvalue weighted by Gasteiger charge is 2.31. The molecule has 0 unspecified atom stereocenters. The maximum atomic E-state index is 11.8. The smallest absolute Gasteiger partial charge is 0.317 e. The topological polar surface area (TPSA) is 78.9 Å². The number of carboxylic acids is 1. The number of amides is 2. The van der Waals surface area contributed by atoms with Gasteiger partial charge in [-0.15, -0.1) is 0 Å². The number of nitrogens with zero attached hydrogens (tertiary/aromatic N) is 1. The Morgan fingerprint density at radius 3 is 2.71 bits per heavy atom. The number of carbonyl (C=O) groups is 2. The van der Waals surface area contributed by atoms with Gasteiger partial charge in [0.2, 0.25) is 0 Å². The van der Waals surface area contributed by atoms with E-state index in [9.17, 15) is 9.59 Å². The molecule has 6 heteroatoms. The highest BCUT2D eigenvalue weighted by molar-refractivity contribution is 5.75. The van der Waals surface area contributed by atoms with E-state index in [4.69, 9.17) is 9.84 Å². The van der Waals surface area contributed by atoms with E-state index < -0.39 is 5.97 Å². The van der Waals surface area contributed by atoms with Crippen LogP contribution in [0.3, 0.4) is 0 Å². The minimum Gasteiger partial charge on any atom is -0.481 e. The van der Waals surface area contributed by atoms with Crippen LogP contribution in [0.25, 0.3) is 0 Å². The Morgan fingerprint density at radius 1 is 1.47 bits per heavy atom. The standard InChI is InChI=1S/C11H20N2O4/c1-17-8-7-13(9-4-5-9)11(16)12-6-2-3-10(14)15/h9H,2-8H2,1H3,(H,12,16)(H,14,15). The fraction of sp³-hybridized carbons (Fsp3) is 0.818. The quantitative estimate of drug-likeness (QED) is 0.615. The Labute approximate surface area is 101 Å². The first-order chi connectivity index (χ1) is 8.15. The van der Waals surface area contributed by atoms with Crippen LogP contribution in [-0.2, 0) is 9.53 Å². The van der Waals surface area contributed by atoms with Gasteiger partial charge >= 0.3 is 12.0 Å². The minimum atomic E-state index is -0.835. The summed E-state index contributed by atoms with van der Waals surface area (Å²) in [7, 11) is 1.61. The van der Waals surface area contributed by atoms with E-state index in [2.05, 4.69) is 5.32 Å². The van der Waals surface area contributed by atoms with E-state index in [1.165, 1.54) is 0 Å². The van der Waals surface area contributed by atoms with Crippen LogP contribution in [0.15, 0.2) is 0 Å². The van der Waals surface area contributed by atoms with Crippen LogP contribution in [0.4, 0.5) is 4.79 Å². The van der Waals surface area contributed by atoms with Crippen LogP contribution >= 0.6 is 0 Å². The van der Waals surface area contributed by atoms with E-state index in [1.54, 1.807) is 12.0 Å². The van der Waals surface area contributed by atoms with Gasteiger partial charge in [-0.2, -0.15) is 0 Å². The van der Waals surface area contributed by atoms with E-state index in [-0.39, 0.29) is 12.5 Å². The maximum absolute atomic E-state index is 11.8. The zero-order valence-corrected chi connectivity index (χ0v) is 10.1. The maximum Gasteiger partial charge on any atom is 0.317 e. The number of carbonyl (C=O) groups excluding carboxylic acids is 1. The van der Waals surface area contributed by atoms with Gasteiger partial charge in [0.05, 0.1) is 6.61 Å². The van der Waals surface area contributed by atoms with Crippen molar-refractivity contribution < 1.29 is 19.4 Å². The lowest BCUT2D eigenvalue weighted by Crippen LogP contribution is -2.43. The first-order valence-electron chi connectivity index (χ1n) is 5.90. The molecule has 0 atom stereocenters. The summed E-state index contributed by atoms with van der Waals surface area (Å²) < 4.78 is 4.96. The molecular formula is C11H20N2O4. The molecule has 98 valence electrons. The Morgan fingerprint density at radius 2 is 2.18 bits per heavy atom. The molecule has 0 heterocycles. The van der Waals surface area contributed by atoms with Crippen molar-refractivity contribution in [3.63, 3.8) is 0 Å². The van der Waals surface area contributed by atoms with Crippen molar-refractivity contribution in [3.05, 3.63) is 0 Å². The summed E-state index contributed by atoms with van der Waals surface area (Å²) in [5, 5.41) is 11.2. The van der Waals surface area contributed by atoms with Crippen molar-refractivity contribution in [1.29, 1.82) is 0 Å². The van der Waals surface area contributed by atoms with Crippen molar-refractivity contribution in [1.82, 2.24) is 10.2 Å². The van der Waals surface area contributed by atoms with Gasteiger partial charge in [0.15, 0.2) is 0 Å². The van der Waals surface area contributed by atoms with Gasteiger partial charge in [0.1, 0.15) is 0 Å². The lowest BCUT2D eigenvalue weighted by atomic mass is 10.3. The van der Waals surface area contributed by atoms with Crippen LogP contribution in [0.5, 0.6) is 0 Å². The van der Waals surface area contributed by atoms with E-state index in [1.807, 2.05) is 0 Å². The summed E-state index contributed by atoms with van der Waals surface area (Å²) in [5.41, 5.74) is 0. The fourth-order valence-electron chi connectivity index (χ4n) is 1.56. The average Bonchev–Trinajstić information content (AvgIpc) is 3.09. The number of hydrogen-bond donors (Lipinski definition) is 2. The molecular weight excluding hydrogens is 224 g/mol. The number of hydrogen-bond acceptors (Lipinski definition) is 3. The van der Waals surface area contributed by atoms with Crippen molar-refractivity contribution in [2.75, 3.05) is 26.8 Å². The first kappa shape index (κ1) is 13.8. The summed E-state index contributed by atoms with van der Waals surface area (Å²) >= 11 is 0. The number of rotatable bonds is 8. The predicted octanol–water partition coefficient (Wildman–Crippen LogP) is 0.672. The lowest BCUT2D eigenvalue weighted by Gasteiger charge is -2.22. The zero-order valence-electron chi connectivity index (χ0n) is 10.1. The molecule has 1 aliphatic rings. The molecule has 0 aromatic rings. The molecule has 1 rings (SSSR count). The molecule has 0 aliphatic heterocycles. The summed E-state index contributed by atoms with van der Waals surface area (Å²) in [4.78, 5) is 23.9. The third kappa shape index (κ3) is 5.53. The molecule has 0 saturated heterocycles. The van der Waals surface area contributed by atoms with Gasteiger partial charge < -0.3 is 20.1 Å². The normalized spacial score (nSPS) is 14.4. The van der Waals surface area contributed by atoms with Gasteiger partial charge in [-0.25, -0.2) is 4.79 Å². The molecule has 17 heavy (non-hydrogen) atoms. The summed E-state index contributed by atoms with van der Waals surface area (Å²) in [6, 6.07) is 0.222. The monoisotopic (exact) mass is 244 g/mol. The molecule has 2 N–H and O–H groups in total. The second-order valence-corrected chi connectivity index (χ2v) is 4.15. The SMILES string of the molecule is COCCN(C(=O)NCCCC(=O)O)C1CC1. The molecule has 0 aromatic heterocycles. The van der Waals surface area contributed by atoms with Gasteiger partial charge in [-0.1, -0.05) is 0 Å². The highest BCUT2D eigenvalue weighted by atomic mass is 16.5. The number of carboxylic acid groups (broad SMARTS) is 1. The molecule has 1 fully saturated rings. The van der Waals surface area contributed by atoms with Crippen molar-refractivity contribution in [2.45, 2.75) is 31.7 Å². The molecule has 0 spiro atoms. The van der Waals surface area contributed by atoms with Crippen LogP contribution < -0.4 is 5.32 Å². The van der Waals surface area contributed by atoms with Gasteiger partial charge in [-0.05, 0) is 19.3 Å². The fourth-order valence-corrected chi connectivity index (χ4v) is 1.56. The number of ether oxygens (including phenoxy) is 1. The predicted molar refractivity (Wildman–Crippen MR) is 61.9 cm³/mol. The molecule has 6 nitrogen and oxygen atoms in total. The average molecular weight is 244 g/mol. The zero-order chi connectivity index (χ0) is 12.7. The van der Waals surface area contributed by atoms with Crippen LogP contribution in [0, 0.1) is 0 Å². The second kappa shape index (κ2) is 7.11. The molecule has 2 amide bonds. The van der Waals surface area contributed by atoms with Crippen molar-refractivity contribution in [3.8, 4) is 0 Å². The van der Waals surface area contributed by atoms with Crippen LogP contribution in [-0.4, -0.2) is 54.9 Å². The van der Waals surface area contributed by atoms with Crippen molar-refractivity contribution in [2.24, 2.45) is 0 Å².